The minimum absolute atomic E-state index is 0. The van der Waals surface area contributed by atoms with Gasteiger partial charge in [-0.1, -0.05) is 0 Å². The van der Waals surface area contributed by atoms with E-state index in [1.54, 1.807) is 0 Å². The molecular formula is H12Al4Sm. The predicted molar refractivity (Wildman–Crippen MR) is 39.8 cm³/mol. The fourth-order valence-corrected chi connectivity index (χ4v) is 0. The first-order valence-electron chi connectivity index (χ1n) is 0. The molecule has 0 fully saturated rings. The van der Waals surface area contributed by atoms with Crippen LogP contribution < -0.4 is 0 Å². The molecule has 0 radical (unpaired) electrons. The molecule has 0 spiro atoms. The maximum atomic E-state index is 0. The van der Waals surface area contributed by atoms with Crippen molar-refractivity contribution in [2.45, 2.75) is 0 Å². The Hall–Kier alpha value is 3.47. The largest absolute Gasteiger partial charge is 0.187 e. The van der Waals surface area contributed by atoms with Crippen molar-refractivity contribution in [1.29, 1.82) is 0 Å². The average molecular weight is 270 g/mol. The molecular weight excluding hydrogens is 258 g/mol. The van der Waals surface area contributed by atoms with Crippen LogP contribution in [0, 0.1) is 40.4 Å². The molecule has 5 heteroatoms. The zero-order chi connectivity index (χ0) is 0. The van der Waals surface area contributed by atoms with Crippen LogP contribution in [-0.4, -0.2) is 69.4 Å². The van der Waals surface area contributed by atoms with Crippen LogP contribution in [0.2, 0.25) is 0 Å². The summed E-state index contributed by atoms with van der Waals surface area (Å²) in [5, 5.41) is 0. The molecule has 5 heavy (non-hydrogen) atoms. The summed E-state index contributed by atoms with van der Waals surface area (Å²) in [7, 11) is 0. The fraction of sp³-hybridized carbons (Fsp3) is 0. The molecule has 0 amide bonds. The summed E-state index contributed by atoms with van der Waals surface area (Å²) in [5.74, 6) is 0. The minimum atomic E-state index is 0. The van der Waals surface area contributed by atoms with Crippen LogP contribution in [0.4, 0.5) is 0 Å². The molecule has 0 rings (SSSR count). The number of hydrogen-bond acceptors (Lipinski definition) is 0. The van der Waals surface area contributed by atoms with E-state index in [0.717, 1.165) is 0 Å². The zero-order valence-electron chi connectivity index (χ0n) is 0.408. The summed E-state index contributed by atoms with van der Waals surface area (Å²) < 4.78 is 0. The molecule has 0 aromatic heterocycles. The maximum Gasteiger partial charge on any atom is 0.187 e. The van der Waals surface area contributed by atoms with Crippen LogP contribution in [-0.2, 0) is 0 Å². The van der Waals surface area contributed by atoms with Crippen LogP contribution in [0.1, 0.15) is 0 Å². The van der Waals surface area contributed by atoms with Gasteiger partial charge in [-0.25, -0.2) is 0 Å². The Morgan fingerprint density at radius 3 is 0.400 bits per heavy atom. The zero-order valence-corrected chi connectivity index (χ0v) is 3.03. The van der Waals surface area contributed by atoms with E-state index in [1.165, 1.54) is 0 Å². The van der Waals surface area contributed by atoms with Crippen LogP contribution in [0.15, 0.2) is 0 Å². The molecule has 0 heterocycles. The summed E-state index contributed by atoms with van der Waals surface area (Å²) in [4.78, 5) is 0. The molecule has 0 nitrogen and oxygen atoms in total. The van der Waals surface area contributed by atoms with E-state index in [-0.39, 0.29) is 110 Å². The van der Waals surface area contributed by atoms with Crippen LogP contribution in [0.3, 0.4) is 0 Å². The molecule has 0 aliphatic carbocycles. The average Bonchev–Trinajstić information content (AvgIpc) is 0. The first-order valence-corrected chi connectivity index (χ1v) is 0. The van der Waals surface area contributed by atoms with Gasteiger partial charge in [0.1, 0.15) is 0 Å². The summed E-state index contributed by atoms with van der Waals surface area (Å²) in [6.45, 7) is 0. The van der Waals surface area contributed by atoms with Gasteiger partial charge in [-0.15, -0.1) is 0 Å². The normalized spacial score (nSPS) is 0. The van der Waals surface area contributed by atoms with Crippen molar-refractivity contribution >= 4 is 69.4 Å². The summed E-state index contributed by atoms with van der Waals surface area (Å²) in [6.07, 6.45) is 0. The van der Waals surface area contributed by atoms with E-state index >= 15 is 0 Å². The molecule has 0 aromatic carbocycles. The smallest absolute Gasteiger partial charge is 0 e. The molecule has 0 atom stereocenters. The van der Waals surface area contributed by atoms with Crippen LogP contribution in [0.25, 0.3) is 0 Å². The van der Waals surface area contributed by atoms with Crippen molar-refractivity contribution in [3.8, 4) is 0 Å². The second kappa shape index (κ2) is 26.0. The summed E-state index contributed by atoms with van der Waals surface area (Å²) in [5.41, 5.74) is 0. The molecule has 0 aliphatic heterocycles. The van der Waals surface area contributed by atoms with Crippen LogP contribution >= 0.6 is 0 Å². The van der Waals surface area contributed by atoms with Gasteiger partial charge in [0, 0.05) is 40.4 Å². The Labute approximate surface area is 107 Å². The summed E-state index contributed by atoms with van der Waals surface area (Å²) in [6, 6.07) is 0. The molecule has 0 saturated heterocycles. The SMILES string of the molecule is [AlH3].[AlH3].[AlH3].[AlH3].[Sm]. The van der Waals surface area contributed by atoms with Gasteiger partial charge < -0.3 is 0 Å². The Kier molecular flexibility index (Phi) is 204. The third kappa shape index (κ3) is 18.6. The molecule has 0 unspecified atom stereocenters. The number of rotatable bonds is 0. The molecule has 0 saturated carbocycles. The third-order valence-corrected chi connectivity index (χ3v) is 0. The second-order valence-electron chi connectivity index (χ2n) is 0. The summed E-state index contributed by atoms with van der Waals surface area (Å²) >= 11 is 0. The van der Waals surface area contributed by atoms with E-state index in [0.29, 0.717) is 0 Å². The predicted octanol–water partition coefficient (Wildman–Crippen LogP) is -4.74. The van der Waals surface area contributed by atoms with Crippen molar-refractivity contribution in [1.82, 2.24) is 0 Å². The van der Waals surface area contributed by atoms with Crippen molar-refractivity contribution in [2.75, 3.05) is 0 Å². The van der Waals surface area contributed by atoms with Gasteiger partial charge in [0.05, 0.1) is 0 Å². The Morgan fingerprint density at radius 2 is 0.400 bits per heavy atom. The first-order chi connectivity index (χ1) is 0. The monoisotopic (exact) mass is 272 g/mol. The number of hydrogen-bond donors (Lipinski definition) is 0. The quantitative estimate of drug-likeness (QED) is 0.388. The first kappa shape index (κ1) is 39.3. The third-order valence-electron chi connectivity index (χ3n) is 0. The second-order valence-corrected chi connectivity index (χ2v) is 0. The van der Waals surface area contributed by atoms with Gasteiger partial charge in [0.2, 0.25) is 0 Å². The fourth-order valence-electron chi connectivity index (χ4n) is 0. The van der Waals surface area contributed by atoms with Gasteiger partial charge in [0.15, 0.2) is 69.4 Å². The topological polar surface area (TPSA) is 0 Å². The van der Waals surface area contributed by atoms with Gasteiger partial charge in [-0.05, 0) is 0 Å². The standard InChI is InChI=1S/4Al.Sm.12H. The van der Waals surface area contributed by atoms with Crippen molar-refractivity contribution in [3.63, 3.8) is 0 Å². The van der Waals surface area contributed by atoms with E-state index in [9.17, 15) is 0 Å². The maximum absolute atomic E-state index is 0. The molecule has 30 valence electrons. The van der Waals surface area contributed by atoms with Gasteiger partial charge in [-0.3, -0.25) is 0 Å². The van der Waals surface area contributed by atoms with Gasteiger partial charge >= 0.3 is 0 Å². The van der Waals surface area contributed by atoms with E-state index in [2.05, 4.69) is 0 Å². The molecule has 0 bridgehead atoms. The molecule has 0 aliphatic rings. The van der Waals surface area contributed by atoms with Crippen molar-refractivity contribution in [2.24, 2.45) is 0 Å². The van der Waals surface area contributed by atoms with Crippen molar-refractivity contribution in [3.05, 3.63) is 0 Å². The minimum Gasteiger partial charge on any atom is 0 e. The van der Waals surface area contributed by atoms with Gasteiger partial charge in [-0.2, -0.15) is 0 Å². The molecule has 0 N–H and O–H groups in total. The van der Waals surface area contributed by atoms with Crippen LogP contribution in [0.5, 0.6) is 0 Å². The Morgan fingerprint density at radius 1 is 0.400 bits per heavy atom. The Bertz CT molecular complexity index is 3.61. The van der Waals surface area contributed by atoms with E-state index in [4.69, 9.17) is 0 Å². The Balaban J connectivity index is 0. The van der Waals surface area contributed by atoms with Gasteiger partial charge in [0.25, 0.3) is 0 Å². The molecule has 0 aromatic rings. The van der Waals surface area contributed by atoms with Crippen molar-refractivity contribution < 1.29 is 40.4 Å². The van der Waals surface area contributed by atoms with E-state index in [1.807, 2.05) is 0 Å². The van der Waals surface area contributed by atoms with E-state index < -0.39 is 0 Å².